The monoisotopic (exact) mass is 816 g/mol. The molecule has 2 aromatic rings. The second-order valence-corrected chi connectivity index (χ2v) is 31.2. The minimum absolute atomic E-state index is 0.0735. The smallest absolute Gasteiger partial charge is 0.343 e. The van der Waals surface area contributed by atoms with Gasteiger partial charge in [0.2, 0.25) is 0 Å². The molecule has 2 aromatic carbocycles. The number of rotatable bonds is 12. The lowest BCUT2D eigenvalue weighted by atomic mass is 10.0. The molecule has 1 saturated heterocycles. The average molecular weight is 817 g/mol. The Bertz CT molecular complexity index is 1500. The Morgan fingerprint density at radius 3 is 1.17 bits per heavy atom. The lowest BCUT2D eigenvalue weighted by molar-refractivity contribution is 0.0950. The van der Waals surface area contributed by atoms with E-state index >= 15 is 0 Å². The van der Waals surface area contributed by atoms with Crippen molar-refractivity contribution in [3.8, 4) is 0 Å². The van der Waals surface area contributed by atoms with E-state index in [1.165, 1.54) is 25.7 Å². The standard InChI is InChI=1S/C32H48N4O6S2Si4.C4H8/c1-23(2)45(9)39-46(10,24(3)4)41-48(26(7)8,22-36-32(38)28-13-17-30(18-14-28)34-20-44)42-47(40-45,25(5)6)21-35-31(37)27-11-15-29(16-12-27)33-19-43;1-2-4-3-1/h11-18,23-26H,21-22H2,1-10H3,(H,35,37)(H,36,38);1-4H2. The van der Waals surface area contributed by atoms with Crippen LogP contribution in [0.4, 0.5) is 11.4 Å². The van der Waals surface area contributed by atoms with Crippen molar-refractivity contribution < 1.29 is 26.0 Å². The Kier molecular flexibility index (Phi) is 16.4. The van der Waals surface area contributed by atoms with Crippen molar-refractivity contribution in [2.24, 2.45) is 9.98 Å². The molecule has 1 aliphatic carbocycles. The number of nitrogens with zero attached hydrogens (tertiary/aromatic N) is 2. The first-order valence-electron chi connectivity index (χ1n) is 18.2. The summed E-state index contributed by atoms with van der Waals surface area (Å²) in [5.41, 5.74) is 2.10. The molecule has 0 radical (unpaired) electrons. The zero-order valence-electron chi connectivity index (χ0n) is 32.3. The van der Waals surface area contributed by atoms with E-state index in [2.05, 4.69) is 99.4 Å². The molecule has 2 aliphatic rings. The molecule has 52 heavy (non-hydrogen) atoms. The minimum Gasteiger partial charge on any atom is -0.415 e. The van der Waals surface area contributed by atoms with E-state index in [1.807, 2.05) is 0 Å². The van der Waals surface area contributed by atoms with Gasteiger partial charge in [-0.2, -0.15) is 9.98 Å². The highest BCUT2D eigenvalue weighted by Crippen LogP contribution is 2.45. The molecule has 2 amide bonds. The van der Waals surface area contributed by atoms with Crippen LogP contribution in [0.1, 0.15) is 102 Å². The SMILES string of the molecule is C1CCC1.CC(C)[Si]1(C)O[Si](C)(C(C)C)O[Si](CNC(=O)c2ccc(N=C=S)cc2)(C(C)C)O[Si](CNC(=O)c2ccc(N=C=S)cc2)(C(C)C)O1. The fourth-order valence-electron chi connectivity index (χ4n) is 5.30. The molecular weight excluding hydrogens is 761 g/mol. The van der Waals surface area contributed by atoms with E-state index in [1.54, 1.807) is 48.5 Å². The van der Waals surface area contributed by atoms with Gasteiger partial charge in [0, 0.05) is 11.1 Å². The Labute approximate surface area is 325 Å². The van der Waals surface area contributed by atoms with E-state index in [0.717, 1.165) is 0 Å². The molecule has 4 unspecified atom stereocenters. The Morgan fingerprint density at radius 2 is 0.923 bits per heavy atom. The molecule has 16 heteroatoms. The number of nitrogens with one attached hydrogen (secondary N) is 2. The first-order chi connectivity index (χ1) is 24.4. The number of thiocarbonyl (C=S) groups is 2. The lowest BCUT2D eigenvalue weighted by Gasteiger charge is -2.55. The summed E-state index contributed by atoms with van der Waals surface area (Å²) >= 11 is 9.40. The van der Waals surface area contributed by atoms with Crippen LogP contribution in [0.5, 0.6) is 0 Å². The quantitative estimate of drug-likeness (QED) is 0.124. The topological polar surface area (TPSA) is 120 Å². The average Bonchev–Trinajstić information content (AvgIpc) is 3.05. The number of aliphatic imine (C=N–C) groups is 2. The molecule has 0 spiro atoms. The van der Waals surface area contributed by atoms with Gasteiger partial charge >= 0.3 is 34.2 Å². The second kappa shape index (κ2) is 19.3. The molecule has 1 heterocycles. The Balaban J connectivity index is 0.00000170. The van der Waals surface area contributed by atoms with Crippen molar-refractivity contribution in [2.45, 2.75) is 116 Å². The Morgan fingerprint density at radius 1 is 0.596 bits per heavy atom. The number of carbonyl (C=O) groups is 2. The van der Waals surface area contributed by atoms with Crippen molar-refractivity contribution in [1.29, 1.82) is 0 Å². The highest BCUT2D eigenvalue weighted by atomic mass is 32.1. The summed E-state index contributed by atoms with van der Waals surface area (Å²) in [6, 6.07) is 13.6. The summed E-state index contributed by atoms with van der Waals surface area (Å²) < 4.78 is 29.4. The molecule has 4 atom stereocenters. The maximum absolute atomic E-state index is 13.5. The number of hydrogen-bond donors (Lipinski definition) is 2. The van der Waals surface area contributed by atoms with Gasteiger partial charge in [-0.15, -0.1) is 0 Å². The highest BCUT2D eigenvalue weighted by molar-refractivity contribution is 7.78. The molecule has 2 N–H and O–H groups in total. The fourth-order valence-corrected chi connectivity index (χ4v) is 29.1. The summed E-state index contributed by atoms with van der Waals surface area (Å²) in [6.07, 6.45) is 6.34. The molecule has 284 valence electrons. The van der Waals surface area contributed by atoms with Crippen molar-refractivity contribution >= 4 is 92.2 Å². The van der Waals surface area contributed by atoms with Crippen LogP contribution >= 0.6 is 24.4 Å². The number of hydrogen-bond acceptors (Lipinski definition) is 10. The van der Waals surface area contributed by atoms with Gasteiger partial charge in [0.25, 0.3) is 11.8 Å². The van der Waals surface area contributed by atoms with Crippen LogP contribution in [-0.4, -0.2) is 68.7 Å². The van der Waals surface area contributed by atoms with Crippen LogP contribution in [0.25, 0.3) is 0 Å². The molecule has 4 rings (SSSR count). The predicted octanol–water partition coefficient (Wildman–Crippen LogP) is 9.70. The van der Waals surface area contributed by atoms with E-state index in [-0.39, 0.29) is 46.3 Å². The maximum Gasteiger partial charge on any atom is 0.343 e. The van der Waals surface area contributed by atoms with Gasteiger partial charge in [0.15, 0.2) is 0 Å². The summed E-state index contributed by atoms with van der Waals surface area (Å²) in [4.78, 5) is 35.0. The van der Waals surface area contributed by atoms with Crippen molar-refractivity contribution in [2.75, 3.05) is 12.3 Å². The lowest BCUT2D eigenvalue weighted by Crippen LogP contribution is -2.75. The third-order valence-corrected chi connectivity index (χ3v) is 31.2. The van der Waals surface area contributed by atoms with Crippen molar-refractivity contribution in [3.63, 3.8) is 0 Å². The van der Waals surface area contributed by atoms with Crippen LogP contribution < -0.4 is 10.6 Å². The normalized spacial score (nSPS) is 25.8. The van der Waals surface area contributed by atoms with Gasteiger partial charge < -0.3 is 27.1 Å². The first-order valence-corrected chi connectivity index (χ1v) is 28.0. The highest BCUT2D eigenvalue weighted by Gasteiger charge is 2.63. The van der Waals surface area contributed by atoms with Gasteiger partial charge in [-0.25, -0.2) is 0 Å². The molecule has 10 nitrogen and oxygen atoms in total. The first kappa shape index (κ1) is 44.1. The third kappa shape index (κ3) is 11.4. The molecule has 1 aliphatic heterocycles. The van der Waals surface area contributed by atoms with Crippen LogP contribution in [-0.2, 0) is 16.5 Å². The summed E-state index contributed by atoms with van der Waals surface area (Å²) in [7, 11) is -12.7. The maximum atomic E-state index is 13.5. The van der Waals surface area contributed by atoms with Gasteiger partial charge in [-0.05, 0) is 108 Å². The third-order valence-electron chi connectivity index (χ3n) is 9.96. The fraction of sp³-hybridized carbons (Fsp3) is 0.556. The van der Waals surface area contributed by atoms with E-state index in [0.29, 0.717) is 22.5 Å². The summed E-state index contributed by atoms with van der Waals surface area (Å²) in [6.45, 7) is 20.9. The summed E-state index contributed by atoms with van der Waals surface area (Å²) in [5, 5.41) is 11.0. The number of benzene rings is 2. The number of amides is 2. The predicted molar refractivity (Wildman–Crippen MR) is 225 cm³/mol. The van der Waals surface area contributed by atoms with Crippen molar-refractivity contribution in [3.05, 3.63) is 59.7 Å². The molecular formula is C36H56N4O6S2Si4. The zero-order valence-corrected chi connectivity index (χ0v) is 38.0. The van der Waals surface area contributed by atoms with Gasteiger partial charge in [-0.3, -0.25) is 9.59 Å². The summed E-state index contributed by atoms with van der Waals surface area (Å²) in [5.74, 6) is -0.533. The van der Waals surface area contributed by atoms with Gasteiger partial charge in [0.05, 0.1) is 34.0 Å². The van der Waals surface area contributed by atoms with E-state index in [4.69, 9.17) is 40.9 Å². The molecule has 1 saturated carbocycles. The van der Waals surface area contributed by atoms with Gasteiger partial charge in [-0.1, -0.05) is 81.1 Å². The van der Waals surface area contributed by atoms with Crippen LogP contribution in [0.3, 0.4) is 0 Å². The van der Waals surface area contributed by atoms with Crippen molar-refractivity contribution in [1.82, 2.24) is 10.6 Å². The Hall–Kier alpha value is -2.31. The molecule has 2 fully saturated rings. The molecule has 0 aromatic heterocycles. The second-order valence-electron chi connectivity index (χ2n) is 15.0. The van der Waals surface area contributed by atoms with Gasteiger partial charge in [0.1, 0.15) is 0 Å². The number of carbonyl (C=O) groups excluding carboxylic acids is 2. The van der Waals surface area contributed by atoms with Crippen LogP contribution in [0.15, 0.2) is 58.5 Å². The minimum atomic E-state index is -3.38. The zero-order chi connectivity index (χ0) is 38.7. The number of isothiocyanates is 2. The van der Waals surface area contributed by atoms with E-state index in [9.17, 15) is 9.59 Å². The largest absolute Gasteiger partial charge is 0.415 e. The van der Waals surface area contributed by atoms with Crippen LogP contribution in [0.2, 0.25) is 35.3 Å². The molecule has 0 bridgehead atoms. The van der Waals surface area contributed by atoms with E-state index < -0.39 is 34.2 Å². The van der Waals surface area contributed by atoms with Crippen LogP contribution in [0, 0.1) is 0 Å².